The Morgan fingerprint density at radius 1 is 1.45 bits per heavy atom. The van der Waals surface area contributed by atoms with Gasteiger partial charge < -0.3 is 10.4 Å². The molecule has 11 heavy (non-hydrogen) atoms. The molecule has 4 nitrogen and oxygen atoms in total. The summed E-state index contributed by atoms with van der Waals surface area (Å²) in [6.07, 6.45) is 0. The van der Waals surface area contributed by atoms with Crippen molar-refractivity contribution < 1.29 is 14.7 Å². The second-order valence-corrected chi connectivity index (χ2v) is 2.23. The van der Waals surface area contributed by atoms with Crippen molar-refractivity contribution in [2.75, 3.05) is 6.54 Å². The summed E-state index contributed by atoms with van der Waals surface area (Å²) >= 11 is 3.53. The fourth-order valence-electron chi connectivity index (χ4n) is 0.180. The van der Waals surface area contributed by atoms with Crippen LogP contribution in [0.3, 0.4) is 0 Å². The van der Waals surface area contributed by atoms with Crippen LogP contribution in [0.1, 0.15) is 0 Å². The Morgan fingerprint density at radius 2 is 1.91 bits per heavy atom. The minimum atomic E-state index is -1.06. The van der Waals surface area contributed by atoms with Crippen LogP contribution in [0.4, 0.5) is 4.79 Å². The third kappa shape index (κ3) is 15.6. The first-order chi connectivity index (χ1) is 4.16. The molecule has 0 aromatic rings. The number of carboxylic acid groups (broad SMARTS) is 1. The van der Waals surface area contributed by atoms with E-state index >= 15 is 0 Å². The molecule has 0 bridgehead atoms. The van der Waals surface area contributed by atoms with Crippen LogP contribution in [0.5, 0.6) is 0 Å². The molecule has 0 aliphatic rings. The van der Waals surface area contributed by atoms with Crippen molar-refractivity contribution >= 4 is 136 Å². The van der Waals surface area contributed by atoms with Crippen molar-refractivity contribution in [3.05, 3.63) is 0 Å². The Morgan fingerprint density at radius 3 is 2.18 bits per heavy atom. The van der Waals surface area contributed by atoms with Crippen LogP contribution in [-0.2, 0) is 4.79 Å². The first-order valence-corrected chi connectivity index (χ1v) is 3.84. The van der Waals surface area contributed by atoms with E-state index in [9.17, 15) is 9.59 Å². The van der Waals surface area contributed by atoms with E-state index in [4.69, 9.17) is 5.11 Å². The Balaban J connectivity index is -0.000000320. The summed E-state index contributed by atoms with van der Waals surface area (Å²) in [5, 5.41) is 9.63. The molecule has 1 amide bonds. The van der Waals surface area contributed by atoms with E-state index in [1.807, 2.05) is 0 Å². The average Bonchev–Trinajstić information content (AvgIpc) is 1.83. The van der Waals surface area contributed by atoms with Gasteiger partial charge in [-0.1, -0.05) is 0 Å². The predicted molar refractivity (Wildman–Crippen MR) is 51.9 cm³/mol. The molecular formula is C3H7K2NO3S2. The van der Waals surface area contributed by atoms with E-state index in [0.29, 0.717) is 10.8 Å². The molecule has 0 saturated carbocycles. The van der Waals surface area contributed by atoms with Crippen LogP contribution in [0, 0.1) is 0 Å². The molecule has 0 aromatic heterocycles. The van der Waals surface area contributed by atoms with Gasteiger partial charge in [0.15, 0.2) is 0 Å². The summed E-state index contributed by atoms with van der Waals surface area (Å²) in [4.78, 5) is 20.0. The number of hydrogen-bond donors (Lipinski definition) is 3. The zero-order chi connectivity index (χ0) is 7.28. The minimum absolute atomic E-state index is 0. The van der Waals surface area contributed by atoms with Crippen LogP contribution < -0.4 is 5.32 Å². The van der Waals surface area contributed by atoms with Gasteiger partial charge in [0.1, 0.15) is 6.54 Å². The number of carbonyl (C=O) groups is 2. The molecule has 2 N–H and O–H groups in total. The SMILES string of the molecule is O=C(O)CNC(=O)SS.[KH].[KH]. The predicted octanol–water partition coefficient (Wildman–Crippen LogP) is -0.938. The van der Waals surface area contributed by atoms with Crippen molar-refractivity contribution in [1.29, 1.82) is 0 Å². The molecule has 0 fully saturated rings. The molecule has 0 radical (unpaired) electrons. The second-order valence-electron chi connectivity index (χ2n) is 1.13. The molecule has 0 heterocycles. The Hall–Kier alpha value is 2.91. The summed E-state index contributed by atoms with van der Waals surface area (Å²) < 4.78 is 0. The topological polar surface area (TPSA) is 66.4 Å². The molecule has 8 heteroatoms. The van der Waals surface area contributed by atoms with Gasteiger partial charge in [0.05, 0.1) is 0 Å². The van der Waals surface area contributed by atoms with E-state index in [1.165, 1.54) is 0 Å². The number of amides is 1. The molecule has 0 aromatic carbocycles. The van der Waals surface area contributed by atoms with E-state index in [1.54, 1.807) is 0 Å². The number of thiol groups is 1. The molecule has 0 saturated heterocycles. The van der Waals surface area contributed by atoms with Gasteiger partial charge >= 0.3 is 109 Å². The first-order valence-electron chi connectivity index (χ1n) is 1.98. The van der Waals surface area contributed by atoms with Crippen LogP contribution in [-0.4, -0.2) is 126 Å². The van der Waals surface area contributed by atoms with Gasteiger partial charge in [-0.15, -0.1) is 11.7 Å². The Bertz CT molecular complexity index is 134. The number of hydrogen-bond acceptors (Lipinski definition) is 4. The molecule has 0 atom stereocenters. The average molecular weight is 247 g/mol. The third-order valence-electron chi connectivity index (χ3n) is 0.467. The second kappa shape index (κ2) is 12.9. The Kier molecular flexibility index (Phi) is 22.9. The first kappa shape index (κ1) is 19.5. The number of rotatable bonds is 2. The van der Waals surface area contributed by atoms with Gasteiger partial charge in [-0.25, -0.2) is 0 Å². The zero-order valence-corrected chi connectivity index (χ0v) is 6.04. The number of carbonyl (C=O) groups excluding carboxylic acids is 1. The van der Waals surface area contributed by atoms with Gasteiger partial charge in [-0.2, -0.15) is 0 Å². The number of aliphatic carboxylic acids is 1. The maximum atomic E-state index is 10.2. The van der Waals surface area contributed by atoms with Gasteiger partial charge in [0.25, 0.3) is 5.24 Å². The molecule has 0 aliphatic carbocycles. The Labute approximate surface area is 159 Å². The summed E-state index contributed by atoms with van der Waals surface area (Å²) in [6, 6.07) is 0. The van der Waals surface area contributed by atoms with Gasteiger partial charge in [-0.3, -0.25) is 9.59 Å². The summed E-state index contributed by atoms with van der Waals surface area (Å²) in [6.45, 7) is -0.355. The van der Waals surface area contributed by atoms with Crippen LogP contribution >= 0.6 is 22.5 Å². The summed E-state index contributed by atoms with van der Waals surface area (Å²) in [7, 11) is 0.648. The van der Waals surface area contributed by atoms with Crippen LogP contribution in [0.15, 0.2) is 0 Å². The van der Waals surface area contributed by atoms with Crippen molar-refractivity contribution in [3.63, 3.8) is 0 Å². The molecule has 0 unspecified atom stereocenters. The normalized spacial score (nSPS) is 7.00. The van der Waals surface area contributed by atoms with E-state index in [2.05, 4.69) is 17.0 Å². The van der Waals surface area contributed by atoms with Gasteiger partial charge in [0.2, 0.25) is 0 Å². The quantitative estimate of drug-likeness (QED) is 0.335. The third-order valence-corrected chi connectivity index (χ3v) is 1.27. The molecule has 56 valence electrons. The number of carboxylic acids is 1. The van der Waals surface area contributed by atoms with Crippen LogP contribution in [0.2, 0.25) is 0 Å². The maximum absolute atomic E-state index is 10.2. The molecular weight excluding hydrogens is 240 g/mol. The summed E-state index contributed by atoms with van der Waals surface area (Å²) in [5.41, 5.74) is 0. The monoisotopic (exact) mass is 247 g/mol. The van der Waals surface area contributed by atoms with E-state index in [0.717, 1.165) is 0 Å². The molecule has 0 rings (SSSR count). The van der Waals surface area contributed by atoms with Crippen LogP contribution in [0.25, 0.3) is 0 Å². The fourth-order valence-corrected chi connectivity index (χ4v) is 0.510. The van der Waals surface area contributed by atoms with E-state index in [-0.39, 0.29) is 109 Å². The van der Waals surface area contributed by atoms with Gasteiger partial charge in [0, 0.05) is 10.8 Å². The standard InChI is InChI=1S/C3H5NO3S2.2K.2H/c5-2(6)1-4-3(7)9-8;;;;/h8H,1H2,(H,4,7)(H,5,6);;;;. The zero-order valence-electron chi connectivity index (χ0n) is 4.33. The molecule has 0 aliphatic heterocycles. The van der Waals surface area contributed by atoms with Crippen molar-refractivity contribution in [2.45, 2.75) is 0 Å². The fraction of sp³-hybridized carbons (Fsp3) is 0.333. The van der Waals surface area contributed by atoms with Crippen molar-refractivity contribution in [1.82, 2.24) is 5.32 Å². The van der Waals surface area contributed by atoms with Gasteiger partial charge in [-0.05, 0) is 0 Å². The van der Waals surface area contributed by atoms with Crippen molar-refractivity contribution in [3.8, 4) is 0 Å². The van der Waals surface area contributed by atoms with E-state index < -0.39 is 11.2 Å². The summed E-state index contributed by atoms with van der Waals surface area (Å²) in [5.74, 6) is -1.06. The molecule has 0 spiro atoms. The number of nitrogens with one attached hydrogen (secondary N) is 1. The van der Waals surface area contributed by atoms with Crippen molar-refractivity contribution in [2.24, 2.45) is 0 Å².